The molecule has 0 N–H and O–H groups in total. The molecule has 4 nitrogen and oxygen atoms in total. The summed E-state index contributed by atoms with van der Waals surface area (Å²) in [6.45, 7) is 1.13. The molecule has 0 saturated heterocycles. The molecule has 2 heterocycles. The van der Waals surface area contributed by atoms with E-state index in [4.69, 9.17) is 0 Å². The number of carbonyl (C=O) groups excluding carboxylic acids is 1. The van der Waals surface area contributed by atoms with Crippen LogP contribution in [-0.4, -0.2) is 26.7 Å². The van der Waals surface area contributed by atoms with Crippen LogP contribution in [0.5, 0.6) is 0 Å². The smallest absolute Gasteiger partial charge is 0.254 e. The zero-order chi connectivity index (χ0) is 22.6. The van der Waals surface area contributed by atoms with Gasteiger partial charge in [0.2, 0.25) is 0 Å². The third kappa shape index (κ3) is 4.71. The number of aromatic nitrogens is 2. The topological polar surface area (TPSA) is 37.6 Å². The van der Waals surface area contributed by atoms with Gasteiger partial charge in [0.25, 0.3) is 5.91 Å². The van der Waals surface area contributed by atoms with Crippen LogP contribution in [0.4, 0.5) is 4.39 Å². The summed E-state index contributed by atoms with van der Waals surface area (Å²) in [4.78, 5) is 20.7. The summed E-state index contributed by atoms with van der Waals surface area (Å²) in [5, 5.41) is 2.09. The highest BCUT2D eigenvalue weighted by Gasteiger charge is 2.17. The van der Waals surface area contributed by atoms with E-state index in [-0.39, 0.29) is 11.7 Å². The third-order valence-corrected chi connectivity index (χ3v) is 6.47. The summed E-state index contributed by atoms with van der Waals surface area (Å²) in [6, 6.07) is 25.8. The average molecular weight is 456 g/mol. The Hall–Kier alpha value is -3.77. The monoisotopic (exact) mass is 455 g/mol. The van der Waals surface area contributed by atoms with Gasteiger partial charge >= 0.3 is 0 Å². The van der Waals surface area contributed by atoms with Gasteiger partial charge in [-0.25, -0.2) is 9.37 Å². The molecule has 3 aromatic carbocycles. The van der Waals surface area contributed by atoms with Gasteiger partial charge in [0.05, 0.1) is 5.69 Å². The van der Waals surface area contributed by atoms with E-state index in [0.717, 1.165) is 27.5 Å². The number of rotatable bonds is 7. The standard InChI is InChI=1S/C27H22FN3OS/c28-23-13-11-21(12-14-23)25-18-31-24(19-33-27(31)29-25)15-16-30(17-20-7-3-1-4-8-20)26(32)22-9-5-2-6-10-22/h1-14,18-19H,15-17H2. The van der Waals surface area contributed by atoms with Gasteiger partial charge in [0.1, 0.15) is 5.82 Å². The maximum atomic E-state index is 13.3. The molecule has 0 bridgehead atoms. The van der Waals surface area contributed by atoms with Crippen molar-refractivity contribution in [3.63, 3.8) is 0 Å². The molecule has 6 heteroatoms. The molecule has 0 radical (unpaired) electrons. The molecule has 0 spiro atoms. The molecule has 0 aliphatic carbocycles. The molecule has 1 amide bonds. The van der Waals surface area contributed by atoms with E-state index in [0.29, 0.717) is 25.1 Å². The molecular formula is C27H22FN3OS. The van der Waals surface area contributed by atoms with Crippen molar-refractivity contribution in [3.05, 3.63) is 119 Å². The van der Waals surface area contributed by atoms with Gasteiger partial charge in [-0.3, -0.25) is 9.20 Å². The van der Waals surface area contributed by atoms with Crippen LogP contribution < -0.4 is 0 Å². The number of amides is 1. The van der Waals surface area contributed by atoms with Gasteiger partial charge < -0.3 is 4.90 Å². The van der Waals surface area contributed by atoms with Crippen LogP contribution in [0.15, 0.2) is 96.5 Å². The summed E-state index contributed by atoms with van der Waals surface area (Å²) in [7, 11) is 0. The third-order valence-electron chi connectivity index (χ3n) is 5.59. The van der Waals surface area contributed by atoms with Crippen molar-refractivity contribution in [2.24, 2.45) is 0 Å². The van der Waals surface area contributed by atoms with Crippen molar-refractivity contribution in [2.75, 3.05) is 6.54 Å². The number of hydrogen-bond donors (Lipinski definition) is 0. The Morgan fingerprint density at radius 1 is 0.939 bits per heavy atom. The minimum Gasteiger partial charge on any atom is -0.334 e. The van der Waals surface area contributed by atoms with Gasteiger partial charge in [-0.15, -0.1) is 11.3 Å². The van der Waals surface area contributed by atoms with Gasteiger partial charge in [0.15, 0.2) is 4.96 Å². The normalized spacial score (nSPS) is 11.1. The van der Waals surface area contributed by atoms with E-state index in [1.165, 1.54) is 12.1 Å². The van der Waals surface area contributed by atoms with Crippen molar-refractivity contribution in [3.8, 4) is 11.3 Å². The molecule has 0 aliphatic heterocycles. The highest BCUT2D eigenvalue weighted by Crippen LogP contribution is 2.24. The molecule has 0 atom stereocenters. The van der Waals surface area contributed by atoms with Crippen LogP contribution in [0, 0.1) is 5.82 Å². The van der Waals surface area contributed by atoms with Crippen molar-refractivity contribution in [1.29, 1.82) is 0 Å². The Balaban J connectivity index is 1.38. The van der Waals surface area contributed by atoms with Gasteiger partial charge in [-0.05, 0) is 42.0 Å². The van der Waals surface area contributed by atoms with Crippen molar-refractivity contribution in [1.82, 2.24) is 14.3 Å². The molecule has 33 heavy (non-hydrogen) atoms. The molecule has 0 unspecified atom stereocenters. The first-order chi connectivity index (χ1) is 16.2. The van der Waals surface area contributed by atoms with E-state index >= 15 is 0 Å². The van der Waals surface area contributed by atoms with E-state index in [1.807, 2.05) is 71.8 Å². The number of hydrogen-bond acceptors (Lipinski definition) is 3. The Kier molecular flexibility index (Phi) is 6.00. The summed E-state index contributed by atoms with van der Waals surface area (Å²) >= 11 is 1.57. The lowest BCUT2D eigenvalue weighted by atomic mass is 10.1. The minimum atomic E-state index is -0.262. The molecule has 5 aromatic rings. The van der Waals surface area contributed by atoms with Crippen LogP contribution in [0.25, 0.3) is 16.2 Å². The lowest BCUT2D eigenvalue weighted by molar-refractivity contribution is 0.0744. The maximum absolute atomic E-state index is 13.3. The number of nitrogens with zero attached hydrogens (tertiary/aromatic N) is 3. The largest absolute Gasteiger partial charge is 0.334 e. The lowest BCUT2D eigenvalue weighted by Crippen LogP contribution is -2.32. The van der Waals surface area contributed by atoms with E-state index < -0.39 is 0 Å². The van der Waals surface area contributed by atoms with E-state index in [9.17, 15) is 9.18 Å². The molecular weight excluding hydrogens is 433 g/mol. The van der Waals surface area contributed by atoms with Crippen LogP contribution >= 0.6 is 11.3 Å². The van der Waals surface area contributed by atoms with E-state index in [2.05, 4.69) is 14.8 Å². The highest BCUT2D eigenvalue weighted by atomic mass is 32.1. The first-order valence-corrected chi connectivity index (χ1v) is 11.6. The zero-order valence-electron chi connectivity index (χ0n) is 17.9. The van der Waals surface area contributed by atoms with Gasteiger partial charge in [-0.1, -0.05) is 48.5 Å². The predicted molar refractivity (Wildman–Crippen MR) is 130 cm³/mol. The second kappa shape index (κ2) is 9.38. The lowest BCUT2D eigenvalue weighted by Gasteiger charge is -2.23. The summed E-state index contributed by atoms with van der Waals surface area (Å²) < 4.78 is 15.3. The van der Waals surface area contributed by atoms with Crippen LogP contribution in [0.3, 0.4) is 0 Å². The second-order valence-corrected chi connectivity index (χ2v) is 8.68. The van der Waals surface area contributed by atoms with Gasteiger partial charge in [-0.2, -0.15) is 0 Å². The summed E-state index contributed by atoms with van der Waals surface area (Å²) in [5.74, 6) is -0.245. The summed E-state index contributed by atoms with van der Waals surface area (Å²) in [6.07, 6.45) is 2.68. The number of benzene rings is 3. The molecule has 0 fully saturated rings. The van der Waals surface area contributed by atoms with Crippen molar-refractivity contribution in [2.45, 2.75) is 13.0 Å². The fraction of sp³-hybridized carbons (Fsp3) is 0.111. The fourth-order valence-corrected chi connectivity index (χ4v) is 4.75. The fourth-order valence-electron chi connectivity index (χ4n) is 3.84. The quantitative estimate of drug-likeness (QED) is 0.298. The molecule has 164 valence electrons. The number of fused-ring (bicyclic) bond motifs is 1. The first kappa shape index (κ1) is 21.1. The Labute approximate surface area is 195 Å². The van der Waals surface area contributed by atoms with Crippen molar-refractivity contribution < 1.29 is 9.18 Å². The SMILES string of the molecule is O=C(c1ccccc1)N(CCc1csc2nc(-c3ccc(F)cc3)cn12)Cc1ccccc1. The Morgan fingerprint density at radius 2 is 1.64 bits per heavy atom. The minimum absolute atomic E-state index is 0.0172. The Bertz CT molecular complexity index is 1360. The molecule has 5 rings (SSSR count). The van der Waals surface area contributed by atoms with E-state index in [1.54, 1.807) is 23.5 Å². The van der Waals surface area contributed by atoms with Crippen molar-refractivity contribution >= 4 is 22.2 Å². The number of imidazole rings is 1. The second-order valence-electron chi connectivity index (χ2n) is 7.84. The number of carbonyl (C=O) groups is 1. The van der Waals surface area contributed by atoms with Crippen LogP contribution in [0.2, 0.25) is 0 Å². The average Bonchev–Trinajstić information content (AvgIpc) is 3.44. The highest BCUT2D eigenvalue weighted by molar-refractivity contribution is 7.15. The Morgan fingerprint density at radius 3 is 2.36 bits per heavy atom. The number of halogens is 1. The zero-order valence-corrected chi connectivity index (χ0v) is 18.7. The maximum Gasteiger partial charge on any atom is 0.254 e. The first-order valence-electron chi connectivity index (χ1n) is 10.8. The predicted octanol–water partition coefficient (Wildman–Crippen LogP) is 6.09. The van der Waals surface area contributed by atoms with Crippen LogP contribution in [0.1, 0.15) is 21.6 Å². The summed E-state index contributed by atoms with van der Waals surface area (Å²) in [5.41, 5.74) is 4.56. The van der Waals surface area contributed by atoms with Crippen LogP contribution in [-0.2, 0) is 13.0 Å². The molecule has 2 aromatic heterocycles. The molecule has 0 aliphatic rings. The molecule has 0 saturated carbocycles. The number of thiazole rings is 1. The van der Waals surface area contributed by atoms with Gasteiger partial charge in [0, 0.05) is 47.9 Å².